The zero-order chi connectivity index (χ0) is 32.2. The fourth-order valence-electron chi connectivity index (χ4n) is 5.79. The fraction of sp³-hybridized carbons (Fsp3) is 0.400. The van der Waals surface area contributed by atoms with Crippen LogP contribution in [0.25, 0.3) is 44.5 Å². The maximum Gasteiger partial charge on any atom is 0.163 e. The Morgan fingerprint density at radius 2 is 1.11 bits per heavy atom. The van der Waals surface area contributed by atoms with E-state index in [-0.39, 0.29) is 21.7 Å². The van der Waals surface area contributed by atoms with Gasteiger partial charge in [-0.2, -0.15) is 0 Å². The third-order valence-corrected chi connectivity index (χ3v) is 8.09. The summed E-state index contributed by atoms with van der Waals surface area (Å²) in [6.07, 6.45) is 1.95. The molecule has 0 unspecified atom stereocenters. The third-order valence-electron chi connectivity index (χ3n) is 8.09. The molecule has 228 valence electrons. The van der Waals surface area contributed by atoms with Gasteiger partial charge in [0.1, 0.15) is 11.6 Å². The van der Waals surface area contributed by atoms with E-state index in [1.54, 1.807) is 0 Å². The Bertz CT molecular complexity index is 1810. The molecule has 0 spiro atoms. The second-order valence-corrected chi connectivity index (χ2v) is 16.2. The summed E-state index contributed by atoms with van der Waals surface area (Å²) in [5.41, 5.74) is 7.68. The molecule has 5 aromatic rings. The molecular weight excluding hydrogens is 536 g/mol. The van der Waals surface area contributed by atoms with Gasteiger partial charge in [0.15, 0.2) is 5.82 Å². The molecular formula is C40H48N4. The number of hydrogen-bond acceptors (Lipinski definition) is 4. The van der Waals surface area contributed by atoms with Crippen molar-refractivity contribution >= 4 is 10.8 Å². The van der Waals surface area contributed by atoms with Crippen LogP contribution in [0.15, 0.2) is 72.9 Å². The zero-order valence-electron chi connectivity index (χ0n) is 28.7. The average Bonchev–Trinajstić information content (AvgIpc) is 2.94. The standard InChI is InChI=1S/C40H48N4/c1-37(2,3)31-16-14-13-15-28(31)26-21-22-41-32(24-26)29-20-19-25-17-18-27(23-30(25)33(29)38(4,5)6)34-42-35(39(7,8)9)44-36(43-34)40(10,11)12/h13-24H,1-12H3. The number of hydrogen-bond donors (Lipinski definition) is 0. The van der Waals surface area contributed by atoms with E-state index in [0.717, 1.165) is 34.3 Å². The molecule has 2 aromatic heterocycles. The monoisotopic (exact) mass is 584 g/mol. The lowest BCUT2D eigenvalue weighted by atomic mass is 9.78. The molecule has 3 aromatic carbocycles. The second-order valence-electron chi connectivity index (χ2n) is 16.2. The Labute approximate surface area is 264 Å². The van der Waals surface area contributed by atoms with Crippen LogP contribution in [0.5, 0.6) is 0 Å². The quantitative estimate of drug-likeness (QED) is 0.212. The van der Waals surface area contributed by atoms with Crippen LogP contribution in [-0.4, -0.2) is 19.9 Å². The molecule has 0 bridgehead atoms. The molecule has 44 heavy (non-hydrogen) atoms. The van der Waals surface area contributed by atoms with Crippen molar-refractivity contribution < 1.29 is 0 Å². The summed E-state index contributed by atoms with van der Waals surface area (Å²) >= 11 is 0. The molecule has 0 N–H and O–H groups in total. The largest absolute Gasteiger partial charge is 0.256 e. The summed E-state index contributed by atoms with van der Waals surface area (Å²) in [5, 5.41) is 2.39. The van der Waals surface area contributed by atoms with Crippen molar-refractivity contribution in [1.82, 2.24) is 19.9 Å². The lowest BCUT2D eigenvalue weighted by molar-refractivity contribution is 0.497. The minimum Gasteiger partial charge on any atom is -0.256 e. The van der Waals surface area contributed by atoms with Crippen molar-refractivity contribution in [1.29, 1.82) is 0 Å². The first kappa shape index (κ1) is 31.5. The molecule has 0 amide bonds. The summed E-state index contributed by atoms with van der Waals surface area (Å²) in [6.45, 7) is 26.6. The minimum absolute atomic E-state index is 0.0324. The highest BCUT2D eigenvalue weighted by Crippen LogP contribution is 2.41. The van der Waals surface area contributed by atoms with Gasteiger partial charge in [-0.05, 0) is 62.1 Å². The van der Waals surface area contributed by atoms with Gasteiger partial charge in [-0.25, -0.2) is 15.0 Å². The van der Waals surface area contributed by atoms with Crippen LogP contribution in [0.4, 0.5) is 0 Å². The summed E-state index contributed by atoms with van der Waals surface area (Å²) in [5.74, 6) is 2.35. The van der Waals surface area contributed by atoms with Gasteiger partial charge >= 0.3 is 0 Å². The molecule has 0 radical (unpaired) electrons. The highest BCUT2D eigenvalue weighted by atomic mass is 15.1. The minimum atomic E-state index is -0.194. The van der Waals surface area contributed by atoms with Gasteiger partial charge in [0.05, 0.1) is 5.69 Å². The Morgan fingerprint density at radius 1 is 0.500 bits per heavy atom. The van der Waals surface area contributed by atoms with Crippen molar-refractivity contribution in [3.63, 3.8) is 0 Å². The van der Waals surface area contributed by atoms with Crippen LogP contribution in [0.1, 0.15) is 106 Å². The number of nitrogens with zero attached hydrogens (tertiary/aromatic N) is 4. The Morgan fingerprint density at radius 3 is 1.70 bits per heavy atom. The van der Waals surface area contributed by atoms with E-state index in [0.29, 0.717) is 0 Å². The van der Waals surface area contributed by atoms with Crippen LogP contribution >= 0.6 is 0 Å². The lowest BCUT2D eigenvalue weighted by Gasteiger charge is -2.26. The summed E-state index contributed by atoms with van der Waals surface area (Å²) in [6, 6.07) is 24.2. The van der Waals surface area contributed by atoms with Crippen LogP contribution < -0.4 is 0 Å². The molecule has 0 aliphatic rings. The lowest BCUT2D eigenvalue weighted by Crippen LogP contribution is -2.24. The molecule has 4 nitrogen and oxygen atoms in total. The summed E-state index contributed by atoms with van der Waals surface area (Å²) in [7, 11) is 0. The van der Waals surface area contributed by atoms with Gasteiger partial charge < -0.3 is 0 Å². The van der Waals surface area contributed by atoms with Crippen molar-refractivity contribution in [3.05, 3.63) is 95.7 Å². The Balaban J connectivity index is 1.74. The molecule has 4 heteroatoms. The normalized spacial score (nSPS) is 13.0. The molecule has 2 heterocycles. The van der Waals surface area contributed by atoms with E-state index in [4.69, 9.17) is 19.9 Å². The maximum atomic E-state index is 5.01. The van der Waals surface area contributed by atoms with Crippen molar-refractivity contribution in [2.24, 2.45) is 0 Å². The first-order valence-electron chi connectivity index (χ1n) is 15.7. The molecule has 0 saturated carbocycles. The van der Waals surface area contributed by atoms with Gasteiger partial charge in [-0.1, -0.05) is 132 Å². The Hall–Kier alpha value is -3.92. The number of fused-ring (bicyclic) bond motifs is 1. The SMILES string of the molecule is CC(C)(C)c1nc(-c2ccc3ccc(-c4cc(-c5ccccc5C(C)(C)C)ccn4)c(C(C)(C)C)c3c2)nc(C(C)(C)C)n1. The third kappa shape index (κ3) is 6.31. The van der Waals surface area contributed by atoms with Crippen molar-refractivity contribution in [3.8, 4) is 33.8 Å². The van der Waals surface area contributed by atoms with E-state index in [1.807, 2.05) is 6.20 Å². The first-order valence-corrected chi connectivity index (χ1v) is 15.7. The first-order chi connectivity index (χ1) is 20.3. The van der Waals surface area contributed by atoms with E-state index in [9.17, 15) is 0 Å². The predicted octanol–water partition coefficient (Wildman–Crippen LogP) is 10.6. The van der Waals surface area contributed by atoms with E-state index in [1.165, 1.54) is 33.0 Å². The second kappa shape index (κ2) is 10.9. The summed E-state index contributed by atoms with van der Waals surface area (Å²) in [4.78, 5) is 19.8. The number of pyridine rings is 1. The van der Waals surface area contributed by atoms with E-state index < -0.39 is 0 Å². The summed E-state index contributed by atoms with van der Waals surface area (Å²) < 4.78 is 0. The van der Waals surface area contributed by atoms with Crippen LogP contribution in [0, 0.1) is 0 Å². The Kier molecular flexibility index (Phi) is 7.81. The number of benzene rings is 3. The fourth-order valence-corrected chi connectivity index (χ4v) is 5.79. The smallest absolute Gasteiger partial charge is 0.163 e. The highest BCUT2D eigenvalue weighted by Gasteiger charge is 2.27. The van der Waals surface area contributed by atoms with Gasteiger partial charge in [-0.3, -0.25) is 4.98 Å². The van der Waals surface area contributed by atoms with Gasteiger partial charge in [0.25, 0.3) is 0 Å². The van der Waals surface area contributed by atoms with Crippen LogP contribution in [0.3, 0.4) is 0 Å². The average molecular weight is 585 g/mol. The molecule has 0 fully saturated rings. The topological polar surface area (TPSA) is 51.6 Å². The molecule has 0 atom stereocenters. The highest BCUT2D eigenvalue weighted by molar-refractivity contribution is 5.95. The molecule has 5 rings (SSSR count). The van der Waals surface area contributed by atoms with E-state index >= 15 is 0 Å². The number of aromatic nitrogens is 4. The van der Waals surface area contributed by atoms with Gasteiger partial charge in [-0.15, -0.1) is 0 Å². The molecule has 0 aliphatic heterocycles. The van der Waals surface area contributed by atoms with Gasteiger partial charge in [0.2, 0.25) is 0 Å². The predicted molar refractivity (Wildman–Crippen MR) is 186 cm³/mol. The molecule has 0 aliphatic carbocycles. The van der Waals surface area contributed by atoms with E-state index in [2.05, 4.69) is 150 Å². The number of rotatable bonds is 3. The van der Waals surface area contributed by atoms with Gasteiger partial charge in [0, 0.05) is 28.2 Å². The van der Waals surface area contributed by atoms with Crippen molar-refractivity contribution in [2.75, 3.05) is 0 Å². The van der Waals surface area contributed by atoms with Crippen LogP contribution in [-0.2, 0) is 21.7 Å². The van der Waals surface area contributed by atoms with Crippen molar-refractivity contribution in [2.45, 2.75) is 105 Å². The maximum absolute atomic E-state index is 5.01. The van der Waals surface area contributed by atoms with Crippen LogP contribution in [0.2, 0.25) is 0 Å². The molecule has 0 saturated heterocycles. The zero-order valence-corrected chi connectivity index (χ0v) is 28.7.